The van der Waals surface area contributed by atoms with E-state index in [1.165, 1.54) is 12.3 Å². The number of hydrogen-bond acceptors (Lipinski definition) is 5. The fourth-order valence-corrected chi connectivity index (χ4v) is 1.85. The van der Waals surface area contributed by atoms with Gasteiger partial charge in [-0.25, -0.2) is 5.43 Å². The van der Waals surface area contributed by atoms with Crippen molar-refractivity contribution in [3.05, 3.63) is 82.4 Å². The Morgan fingerprint density at radius 1 is 1.25 bits per heavy atom. The van der Waals surface area contributed by atoms with E-state index < -0.39 is 10.8 Å². The fraction of sp³-hybridized carbons (Fsp3) is 0.0588. The monoisotopic (exact) mass is 325 g/mol. The third-order valence-electron chi connectivity index (χ3n) is 2.99. The number of nitrogens with zero attached hydrogens (tertiary/aromatic N) is 2. The predicted octanol–water partition coefficient (Wildman–Crippen LogP) is 2.92. The molecule has 0 aliphatic carbocycles. The summed E-state index contributed by atoms with van der Waals surface area (Å²) in [4.78, 5) is 22.3. The molecule has 0 radical (unpaired) electrons. The maximum Gasteiger partial charge on any atom is 0.278 e. The van der Waals surface area contributed by atoms with Gasteiger partial charge in [0.1, 0.15) is 12.4 Å². The number of ether oxygens (including phenoxy) is 1. The Kier molecular flexibility index (Phi) is 5.79. The van der Waals surface area contributed by atoms with Crippen LogP contribution in [0.3, 0.4) is 0 Å². The van der Waals surface area contributed by atoms with Gasteiger partial charge in [0.15, 0.2) is 0 Å². The first-order chi connectivity index (χ1) is 11.6. The molecule has 0 saturated carbocycles. The summed E-state index contributed by atoms with van der Waals surface area (Å²) in [5.41, 5.74) is 2.93. The molecule has 0 heterocycles. The van der Waals surface area contributed by atoms with Gasteiger partial charge >= 0.3 is 0 Å². The first kappa shape index (κ1) is 16.9. The lowest BCUT2D eigenvalue weighted by Gasteiger charge is -2.04. The van der Waals surface area contributed by atoms with E-state index in [2.05, 4.69) is 17.1 Å². The zero-order chi connectivity index (χ0) is 17.4. The molecule has 0 fully saturated rings. The maximum atomic E-state index is 12.0. The molecule has 2 rings (SSSR count). The third kappa shape index (κ3) is 4.51. The van der Waals surface area contributed by atoms with Crippen LogP contribution in [0.4, 0.5) is 5.69 Å². The quantitative estimate of drug-likeness (QED) is 0.366. The molecule has 0 atom stereocenters. The minimum absolute atomic E-state index is 0.0841. The molecular formula is C17H15N3O4. The summed E-state index contributed by atoms with van der Waals surface area (Å²) < 4.78 is 5.32. The van der Waals surface area contributed by atoms with Gasteiger partial charge in [0.2, 0.25) is 0 Å². The number of amides is 1. The molecule has 2 aromatic carbocycles. The summed E-state index contributed by atoms with van der Waals surface area (Å²) in [6, 6.07) is 12.6. The van der Waals surface area contributed by atoms with Crippen molar-refractivity contribution in [3.63, 3.8) is 0 Å². The van der Waals surface area contributed by atoms with Crippen LogP contribution in [-0.2, 0) is 0 Å². The molecule has 2 aromatic rings. The number of carbonyl (C=O) groups excluding carboxylic acids is 1. The van der Waals surface area contributed by atoms with E-state index in [4.69, 9.17) is 4.74 Å². The number of para-hydroxylation sites is 1. The minimum Gasteiger partial charge on any atom is -0.490 e. The molecule has 0 aromatic heterocycles. The first-order valence-electron chi connectivity index (χ1n) is 7.02. The van der Waals surface area contributed by atoms with Gasteiger partial charge in [-0.05, 0) is 30.3 Å². The van der Waals surface area contributed by atoms with Crippen LogP contribution in [0.5, 0.6) is 5.75 Å². The Bertz CT molecular complexity index is 770. The third-order valence-corrected chi connectivity index (χ3v) is 2.99. The van der Waals surface area contributed by atoms with Crippen molar-refractivity contribution >= 4 is 17.8 Å². The van der Waals surface area contributed by atoms with Gasteiger partial charge in [-0.1, -0.05) is 24.8 Å². The van der Waals surface area contributed by atoms with Crippen LogP contribution in [0.2, 0.25) is 0 Å². The molecule has 0 unspecified atom stereocenters. The van der Waals surface area contributed by atoms with Crippen LogP contribution in [-0.4, -0.2) is 23.7 Å². The summed E-state index contributed by atoms with van der Waals surface area (Å²) in [5, 5.41) is 14.6. The number of nitro groups is 1. The lowest BCUT2D eigenvalue weighted by Crippen LogP contribution is -2.17. The Balaban J connectivity index is 2.00. The molecule has 7 heteroatoms. The summed E-state index contributed by atoms with van der Waals surface area (Å²) >= 11 is 0. The lowest BCUT2D eigenvalue weighted by molar-refractivity contribution is -0.385. The summed E-state index contributed by atoms with van der Waals surface area (Å²) in [6.45, 7) is 3.93. The number of nitro benzene ring substituents is 1. The molecule has 24 heavy (non-hydrogen) atoms. The molecule has 0 spiro atoms. The van der Waals surface area contributed by atoms with Gasteiger partial charge in [-0.3, -0.25) is 14.9 Å². The second-order valence-electron chi connectivity index (χ2n) is 4.64. The SMILES string of the molecule is C=CCOc1ccc(C(=O)NN=Cc2ccccc2[N+](=O)[O-])cc1. The van der Waals surface area contributed by atoms with E-state index in [1.807, 2.05) is 0 Å². The second kappa shape index (κ2) is 8.23. The second-order valence-corrected chi connectivity index (χ2v) is 4.64. The topological polar surface area (TPSA) is 93.8 Å². The van der Waals surface area contributed by atoms with Crippen LogP contribution in [0.15, 0.2) is 66.3 Å². The smallest absolute Gasteiger partial charge is 0.278 e. The Labute approximate surface area is 138 Å². The molecule has 1 N–H and O–H groups in total. The Morgan fingerprint density at radius 3 is 2.62 bits per heavy atom. The molecule has 0 aliphatic rings. The van der Waals surface area contributed by atoms with Crippen molar-refractivity contribution in [1.82, 2.24) is 5.43 Å². The summed E-state index contributed by atoms with van der Waals surface area (Å²) in [6.07, 6.45) is 2.86. The molecule has 0 aliphatic heterocycles. The largest absolute Gasteiger partial charge is 0.490 e. The van der Waals surface area contributed by atoms with Crippen LogP contribution in [0.25, 0.3) is 0 Å². The summed E-state index contributed by atoms with van der Waals surface area (Å²) in [5.74, 6) is 0.190. The number of carbonyl (C=O) groups is 1. The highest BCUT2D eigenvalue weighted by Crippen LogP contribution is 2.15. The number of rotatable bonds is 7. The van der Waals surface area contributed by atoms with Gasteiger partial charge in [0.25, 0.3) is 11.6 Å². The van der Waals surface area contributed by atoms with Crippen LogP contribution in [0.1, 0.15) is 15.9 Å². The van der Waals surface area contributed by atoms with Crippen molar-refractivity contribution in [2.75, 3.05) is 6.61 Å². The zero-order valence-electron chi connectivity index (χ0n) is 12.7. The highest BCUT2D eigenvalue weighted by Gasteiger charge is 2.10. The molecular weight excluding hydrogens is 310 g/mol. The number of benzene rings is 2. The normalized spacial score (nSPS) is 10.3. The van der Waals surface area contributed by atoms with E-state index in [0.29, 0.717) is 23.5 Å². The van der Waals surface area contributed by atoms with Crippen molar-refractivity contribution in [2.24, 2.45) is 5.10 Å². The molecule has 122 valence electrons. The van der Waals surface area contributed by atoms with E-state index >= 15 is 0 Å². The van der Waals surface area contributed by atoms with E-state index in [1.54, 1.807) is 48.5 Å². The Hall–Kier alpha value is -3.48. The molecule has 1 amide bonds. The number of nitrogens with one attached hydrogen (secondary N) is 1. The van der Waals surface area contributed by atoms with Crippen molar-refractivity contribution in [3.8, 4) is 5.75 Å². The highest BCUT2D eigenvalue weighted by atomic mass is 16.6. The van der Waals surface area contributed by atoms with Crippen molar-refractivity contribution in [2.45, 2.75) is 0 Å². The van der Waals surface area contributed by atoms with Gasteiger partial charge in [0, 0.05) is 11.6 Å². The van der Waals surface area contributed by atoms with E-state index in [9.17, 15) is 14.9 Å². The van der Waals surface area contributed by atoms with Gasteiger partial charge in [0.05, 0.1) is 16.7 Å². The lowest BCUT2D eigenvalue weighted by atomic mass is 10.2. The van der Waals surface area contributed by atoms with Gasteiger partial charge in [-0.2, -0.15) is 5.10 Å². The first-order valence-corrected chi connectivity index (χ1v) is 7.02. The predicted molar refractivity (Wildman–Crippen MR) is 90.3 cm³/mol. The standard InChI is InChI=1S/C17H15N3O4/c1-2-11-24-15-9-7-13(8-10-15)17(21)19-18-12-14-5-3-4-6-16(14)20(22)23/h2-10,12H,1,11H2,(H,19,21). The van der Waals surface area contributed by atoms with Crippen LogP contribution in [0, 0.1) is 10.1 Å². The summed E-state index contributed by atoms with van der Waals surface area (Å²) in [7, 11) is 0. The minimum atomic E-state index is -0.509. The fourth-order valence-electron chi connectivity index (χ4n) is 1.85. The molecule has 0 bridgehead atoms. The van der Waals surface area contributed by atoms with Crippen LogP contribution < -0.4 is 10.2 Å². The van der Waals surface area contributed by atoms with Crippen LogP contribution >= 0.6 is 0 Å². The average Bonchev–Trinajstić information content (AvgIpc) is 2.60. The van der Waals surface area contributed by atoms with E-state index in [0.717, 1.165) is 0 Å². The molecule has 7 nitrogen and oxygen atoms in total. The van der Waals surface area contributed by atoms with Gasteiger partial charge < -0.3 is 4.74 Å². The maximum absolute atomic E-state index is 12.0. The zero-order valence-corrected chi connectivity index (χ0v) is 12.7. The number of hydrazone groups is 1. The van der Waals surface area contributed by atoms with E-state index in [-0.39, 0.29) is 5.69 Å². The highest BCUT2D eigenvalue weighted by molar-refractivity contribution is 5.95. The number of hydrogen-bond donors (Lipinski definition) is 1. The van der Waals surface area contributed by atoms with Crippen molar-refractivity contribution < 1.29 is 14.5 Å². The average molecular weight is 325 g/mol. The van der Waals surface area contributed by atoms with Gasteiger partial charge in [-0.15, -0.1) is 0 Å². The van der Waals surface area contributed by atoms with Crippen molar-refractivity contribution in [1.29, 1.82) is 0 Å². The Morgan fingerprint density at radius 2 is 1.96 bits per heavy atom. The molecule has 0 saturated heterocycles.